The van der Waals surface area contributed by atoms with Crippen LogP contribution in [0.4, 0.5) is 0 Å². The number of aromatic nitrogens is 4. The zero-order valence-electron chi connectivity index (χ0n) is 16.4. The van der Waals surface area contributed by atoms with E-state index in [4.69, 9.17) is 9.63 Å². The van der Waals surface area contributed by atoms with Gasteiger partial charge in [-0.15, -0.1) is 10.2 Å². The van der Waals surface area contributed by atoms with Gasteiger partial charge in [0.15, 0.2) is 11.0 Å². The smallest absolute Gasteiger partial charge is 0.305 e. The molecular formula is C22H20N4O3S. The number of benzene rings is 2. The van der Waals surface area contributed by atoms with E-state index in [9.17, 15) is 4.79 Å². The molecule has 0 fully saturated rings. The van der Waals surface area contributed by atoms with Crippen molar-refractivity contribution in [1.29, 1.82) is 0 Å². The molecule has 0 spiro atoms. The summed E-state index contributed by atoms with van der Waals surface area (Å²) in [6, 6.07) is 19.6. The van der Waals surface area contributed by atoms with Gasteiger partial charge in [-0.3, -0.25) is 4.79 Å². The first kappa shape index (κ1) is 19.9. The molecule has 0 radical (unpaired) electrons. The van der Waals surface area contributed by atoms with Crippen molar-refractivity contribution in [3.05, 3.63) is 72.0 Å². The average molecular weight is 420 g/mol. The summed E-state index contributed by atoms with van der Waals surface area (Å²) in [7, 11) is 0. The van der Waals surface area contributed by atoms with Crippen molar-refractivity contribution in [2.24, 2.45) is 0 Å². The summed E-state index contributed by atoms with van der Waals surface area (Å²) in [5.74, 6) is 1.01. The van der Waals surface area contributed by atoms with Gasteiger partial charge in [-0.1, -0.05) is 77.1 Å². The van der Waals surface area contributed by atoms with Crippen LogP contribution in [0.25, 0.3) is 22.6 Å². The maximum absolute atomic E-state index is 11.1. The van der Waals surface area contributed by atoms with Gasteiger partial charge in [0.1, 0.15) is 11.5 Å². The number of carboxylic acid groups (broad SMARTS) is 1. The van der Waals surface area contributed by atoms with Gasteiger partial charge >= 0.3 is 5.97 Å². The molecule has 0 amide bonds. The summed E-state index contributed by atoms with van der Waals surface area (Å²) in [5.41, 5.74) is 3.81. The third kappa shape index (κ3) is 4.60. The lowest BCUT2D eigenvalue weighted by Gasteiger charge is -2.08. The lowest BCUT2D eigenvalue weighted by atomic mass is 10.1. The highest BCUT2D eigenvalue weighted by molar-refractivity contribution is 7.98. The fourth-order valence-corrected chi connectivity index (χ4v) is 3.82. The van der Waals surface area contributed by atoms with E-state index in [1.54, 1.807) is 0 Å². The highest BCUT2D eigenvalue weighted by Crippen LogP contribution is 2.28. The molecular weight excluding hydrogens is 400 g/mol. The van der Waals surface area contributed by atoms with Gasteiger partial charge < -0.3 is 14.2 Å². The van der Waals surface area contributed by atoms with Crippen LogP contribution in [-0.4, -0.2) is 31.0 Å². The normalized spacial score (nSPS) is 11.0. The number of rotatable bonds is 8. The third-order valence-corrected chi connectivity index (χ3v) is 5.54. The van der Waals surface area contributed by atoms with Gasteiger partial charge in [0.25, 0.3) is 0 Å². The van der Waals surface area contributed by atoms with Crippen molar-refractivity contribution in [3.63, 3.8) is 0 Å². The van der Waals surface area contributed by atoms with E-state index in [-0.39, 0.29) is 6.42 Å². The molecule has 30 heavy (non-hydrogen) atoms. The van der Waals surface area contributed by atoms with E-state index in [1.807, 2.05) is 72.2 Å². The SMILES string of the molecule is Cc1ccc(-c2nnc(SCc3cc(-c4ccccc4)no3)n2CCC(=O)O)cc1. The van der Waals surface area contributed by atoms with Gasteiger partial charge in [-0.2, -0.15) is 0 Å². The lowest BCUT2D eigenvalue weighted by molar-refractivity contribution is -0.137. The maximum atomic E-state index is 11.1. The molecule has 2 aromatic heterocycles. The Morgan fingerprint density at radius 1 is 1.07 bits per heavy atom. The molecule has 0 saturated heterocycles. The van der Waals surface area contributed by atoms with E-state index >= 15 is 0 Å². The standard InChI is InChI=1S/C22H20N4O3S/c1-15-7-9-17(10-8-15)21-23-24-22(26(21)12-11-20(27)28)30-14-18-13-19(25-29-18)16-5-3-2-4-6-16/h2-10,13H,11-12,14H2,1H3,(H,27,28). The van der Waals surface area contributed by atoms with Crippen LogP contribution in [0.1, 0.15) is 17.7 Å². The van der Waals surface area contributed by atoms with Crippen molar-refractivity contribution >= 4 is 17.7 Å². The van der Waals surface area contributed by atoms with Crippen LogP contribution in [0.3, 0.4) is 0 Å². The Hall–Kier alpha value is -3.39. The Morgan fingerprint density at radius 3 is 2.57 bits per heavy atom. The Morgan fingerprint density at radius 2 is 1.83 bits per heavy atom. The highest BCUT2D eigenvalue weighted by atomic mass is 32.2. The van der Waals surface area contributed by atoms with Crippen LogP contribution in [0.5, 0.6) is 0 Å². The molecule has 0 aliphatic carbocycles. The molecule has 0 unspecified atom stereocenters. The van der Waals surface area contributed by atoms with Crippen LogP contribution in [0, 0.1) is 6.92 Å². The molecule has 0 aliphatic rings. The molecule has 2 aromatic carbocycles. The van der Waals surface area contributed by atoms with Crippen LogP contribution >= 0.6 is 11.8 Å². The molecule has 4 rings (SSSR count). The number of carboxylic acids is 1. The van der Waals surface area contributed by atoms with Gasteiger partial charge in [0.05, 0.1) is 12.2 Å². The van der Waals surface area contributed by atoms with Crippen LogP contribution in [0.15, 0.2) is 70.3 Å². The fourth-order valence-electron chi connectivity index (χ4n) is 2.98. The lowest BCUT2D eigenvalue weighted by Crippen LogP contribution is -2.07. The average Bonchev–Trinajstić information content (AvgIpc) is 3.39. The Bertz CT molecular complexity index is 1140. The second-order valence-corrected chi connectivity index (χ2v) is 7.74. The van der Waals surface area contributed by atoms with E-state index in [2.05, 4.69) is 15.4 Å². The number of carbonyl (C=O) groups is 1. The van der Waals surface area contributed by atoms with Crippen LogP contribution in [0.2, 0.25) is 0 Å². The van der Waals surface area contributed by atoms with Gasteiger partial charge in [0.2, 0.25) is 0 Å². The van der Waals surface area contributed by atoms with Crippen LogP contribution < -0.4 is 0 Å². The van der Waals surface area contributed by atoms with E-state index < -0.39 is 5.97 Å². The predicted octanol–water partition coefficient (Wildman–Crippen LogP) is 4.68. The molecule has 0 atom stereocenters. The molecule has 7 nitrogen and oxygen atoms in total. The summed E-state index contributed by atoms with van der Waals surface area (Å²) in [5, 5.41) is 22.5. The third-order valence-electron chi connectivity index (χ3n) is 4.55. The molecule has 2 heterocycles. The van der Waals surface area contributed by atoms with Gasteiger partial charge in [-0.05, 0) is 6.92 Å². The first-order valence-electron chi connectivity index (χ1n) is 9.46. The summed E-state index contributed by atoms with van der Waals surface area (Å²) >= 11 is 1.44. The van der Waals surface area contributed by atoms with Crippen molar-refractivity contribution in [1.82, 2.24) is 19.9 Å². The number of aliphatic carboxylic acids is 1. The minimum absolute atomic E-state index is 0.00900. The first-order valence-corrected chi connectivity index (χ1v) is 10.4. The molecule has 0 saturated carbocycles. The quantitative estimate of drug-likeness (QED) is 0.414. The first-order chi connectivity index (χ1) is 14.6. The van der Waals surface area contributed by atoms with Gasteiger partial charge in [0, 0.05) is 23.7 Å². The Kier molecular flexibility index (Phi) is 5.94. The Labute approximate surface area is 177 Å². The topological polar surface area (TPSA) is 94.0 Å². The van der Waals surface area contributed by atoms with Crippen molar-refractivity contribution in [2.75, 3.05) is 0 Å². The molecule has 0 bridgehead atoms. The number of thioether (sulfide) groups is 1. The van der Waals surface area contributed by atoms with Crippen molar-refractivity contribution in [3.8, 4) is 22.6 Å². The van der Waals surface area contributed by atoms with Crippen LogP contribution in [-0.2, 0) is 17.1 Å². The number of hydrogen-bond acceptors (Lipinski definition) is 6. The summed E-state index contributed by atoms with van der Waals surface area (Å²) in [6.45, 7) is 2.31. The molecule has 4 aromatic rings. The highest BCUT2D eigenvalue weighted by Gasteiger charge is 2.16. The van der Waals surface area contributed by atoms with E-state index in [0.29, 0.717) is 29.0 Å². The summed E-state index contributed by atoms with van der Waals surface area (Å²) in [6.07, 6.45) is -0.00900. The monoisotopic (exact) mass is 420 g/mol. The largest absolute Gasteiger partial charge is 0.481 e. The predicted molar refractivity (Wildman–Crippen MR) is 114 cm³/mol. The van der Waals surface area contributed by atoms with E-state index in [0.717, 1.165) is 22.4 Å². The zero-order chi connectivity index (χ0) is 20.9. The second-order valence-electron chi connectivity index (χ2n) is 6.80. The summed E-state index contributed by atoms with van der Waals surface area (Å²) in [4.78, 5) is 11.1. The number of hydrogen-bond donors (Lipinski definition) is 1. The fraction of sp³-hybridized carbons (Fsp3) is 0.182. The molecule has 0 aliphatic heterocycles. The maximum Gasteiger partial charge on any atom is 0.305 e. The van der Waals surface area contributed by atoms with Crippen molar-refractivity contribution in [2.45, 2.75) is 30.8 Å². The second kappa shape index (κ2) is 8.96. The van der Waals surface area contributed by atoms with Crippen molar-refractivity contribution < 1.29 is 14.4 Å². The minimum atomic E-state index is -0.864. The molecule has 152 valence electrons. The van der Waals surface area contributed by atoms with E-state index in [1.165, 1.54) is 11.8 Å². The summed E-state index contributed by atoms with van der Waals surface area (Å²) < 4.78 is 7.31. The molecule has 1 N–H and O–H groups in total. The molecule has 8 heteroatoms. The van der Waals surface area contributed by atoms with Gasteiger partial charge in [-0.25, -0.2) is 0 Å². The number of aryl methyl sites for hydroxylation is 1. The minimum Gasteiger partial charge on any atom is -0.481 e. The zero-order valence-corrected chi connectivity index (χ0v) is 17.2. The Balaban J connectivity index is 1.54. The number of nitrogens with zero attached hydrogens (tertiary/aromatic N) is 4.